The smallest absolute Gasteiger partial charge is 0.191 e. The molecule has 1 rings (SSSR count). The van der Waals surface area contributed by atoms with Crippen LogP contribution in [-0.2, 0) is 16.4 Å². The molecule has 138 valence electrons. The van der Waals surface area contributed by atoms with Gasteiger partial charge in [-0.1, -0.05) is 37.6 Å². The maximum absolute atomic E-state index is 11.3. The van der Waals surface area contributed by atoms with Crippen molar-refractivity contribution in [3.8, 4) is 0 Å². The summed E-state index contributed by atoms with van der Waals surface area (Å²) in [6.45, 7) is 5.33. The highest BCUT2D eigenvalue weighted by molar-refractivity contribution is 14.0. The highest BCUT2D eigenvalue weighted by Crippen LogP contribution is 2.19. The van der Waals surface area contributed by atoms with E-state index in [0.29, 0.717) is 30.5 Å². The number of rotatable bonds is 7. The van der Waals surface area contributed by atoms with Gasteiger partial charge < -0.3 is 10.6 Å². The van der Waals surface area contributed by atoms with Crippen LogP contribution < -0.4 is 10.6 Å². The van der Waals surface area contributed by atoms with Crippen LogP contribution in [0.15, 0.2) is 29.3 Å². The van der Waals surface area contributed by atoms with Crippen LogP contribution in [0.3, 0.4) is 0 Å². The first-order chi connectivity index (χ1) is 10.6. The highest BCUT2D eigenvalue weighted by Gasteiger charge is 2.20. The largest absolute Gasteiger partial charge is 0.356 e. The number of aliphatic imine (C=N–C) groups is 1. The van der Waals surface area contributed by atoms with Gasteiger partial charge in [0, 0.05) is 31.4 Å². The Balaban J connectivity index is 0.00000529. The van der Waals surface area contributed by atoms with E-state index in [1.54, 1.807) is 7.05 Å². The molecule has 0 aliphatic heterocycles. The van der Waals surface area contributed by atoms with Gasteiger partial charge >= 0.3 is 0 Å². The van der Waals surface area contributed by atoms with Gasteiger partial charge in [-0.3, -0.25) is 4.99 Å². The Morgan fingerprint density at radius 3 is 2.50 bits per heavy atom. The molecule has 0 aromatic heterocycles. The topological polar surface area (TPSA) is 70.6 Å². The number of nitrogens with one attached hydrogen (secondary N) is 2. The Hall–Kier alpha value is -0.540. The van der Waals surface area contributed by atoms with Crippen molar-refractivity contribution in [3.05, 3.63) is 34.9 Å². The van der Waals surface area contributed by atoms with Crippen LogP contribution in [0, 0.1) is 5.41 Å². The molecule has 0 heterocycles. The van der Waals surface area contributed by atoms with Crippen molar-refractivity contribution in [2.24, 2.45) is 10.4 Å². The predicted octanol–water partition coefficient (Wildman–Crippen LogP) is 3.08. The van der Waals surface area contributed by atoms with E-state index >= 15 is 0 Å². The molecule has 0 radical (unpaired) electrons. The molecule has 24 heavy (non-hydrogen) atoms. The molecule has 0 aliphatic rings. The van der Waals surface area contributed by atoms with Crippen LogP contribution in [0.5, 0.6) is 0 Å². The zero-order valence-electron chi connectivity index (χ0n) is 14.6. The second-order valence-electron chi connectivity index (χ2n) is 6.45. The number of halogens is 2. The van der Waals surface area contributed by atoms with E-state index in [0.717, 1.165) is 5.56 Å². The monoisotopic (exact) mass is 487 g/mol. The summed E-state index contributed by atoms with van der Waals surface area (Å²) in [6.07, 6.45) is 1.87. The molecular formula is C16H27ClIN3O2S. The summed E-state index contributed by atoms with van der Waals surface area (Å²) in [4.78, 5) is 4.18. The third-order valence-electron chi connectivity index (χ3n) is 3.46. The fourth-order valence-electron chi connectivity index (χ4n) is 1.93. The van der Waals surface area contributed by atoms with Crippen molar-refractivity contribution in [1.29, 1.82) is 0 Å². The van der Waals surface area contributed by atoms with Crippen molar-refractivity contribution in [1.82, 2.24) is 10.6 Å². The average Bonchev–Trinajstić information content (AvgIpc) is 2.45. The van der Waals surface area contributed by atoms with Crippen LogP contribution in [0.1, 0.15) is 25.8 Å². The van der Waals surface area contributed by atoms with Crippen LogP contribution >= 0.6 is 35.6 Å². The molecule has 0 atom stereocenters. The zero-order chi connectivity index (χ0) is 17.5. The Kier molecular flexibility index (Phi) is 10.2. The number of guanidine groups is 1. The zero-order valence-corrected chi connectivity index (χ0v) is 18.5. The minimum atomic E-state index is -2.94. The quantitative estimate of drug-likeness (QED) is 0.352. The average molecular weight is 488 g/mol. The van der Waals surface area contributed by atoms with Crippen LogP contribution in [-0.4, -0.2) is 40.0 Å². The summed E-state index contributed by atoms with van der Waals surface area (Å²) in [7, 11) is -1.23. The minimum absolute atomic E-state index is 0. The fraction of sp³-hybridized carbons (Fsp3) is 0.562. The van der Waals surface area contributed by atoms with E-state index in [-0.39, 0.29) is 35.1 Å². The third-order valence-corrected chi connectivity index (χ3v) is 4.64. The molecule has 5 nitrogen and oxygen atoms in total. The molecule has 1 aromatic rings. The van der Waals surface area contributed by atoms with Gasteiger partial charge in [0.05, 0.1) is 5.75 Å². The van der Waals surface area contributed by atoms with Gasteiger partial charge in [0.25, 0.3) is 0 Å². The van der Waals surface area contributed by atoms with Crippen molar-refractivity contribution < 1.29 is 8.42 Å². The maximum Gasteiger partial charge on any atom is 0.191 e. The lowest BCUT2D eigenvalue weighted by Crippen LogP contribution is -2.42. The Labute approximate surface area is 167 Å². The van der Waals surface area contributed by atoms with Gasteiger partial charge in [-0.15, -0.1) is 24.0 Å². The van der Waals surface area contributed by atoms with Gasteiger partial charge in [0.2, 0.25) is 0 Å². The number of nitrogens with zero attached hydrogens (tertiary/aromatic N) is 1. The molecule has 0 amide bonds. The van der Waals surface area contributed by atoms with Gasteiger partial charge in [-0.05, 0) is 29.5 Å². The summed E-state index contributed by atoms with van der Waals surface area (Å²) in [5.74, 6) is 0.869. The molecule has 0 unspecified atom stereocenters. The molecule has 0 spiro atoms. The molecule has 8 heteroatoms. The van der Waals surface area contributed by atoms with E-state index in [2.05, 4.69) is 15.6 Å². The fourth-order valence-corrected chi connectivity index (χ4v) is 3.06. The Morgan fingerprint density at radius 2 is 1.96 bits per heavy atom. The Morgan fingerprint density at radius 1 is 1.29 bits per heavy atom. The van der Waals surface area contributed by atoms with Crippen molar-refractivity contribution in [2.75, 3.05) is 25.6 Å². The Bertz CT molecular complexity index is 648. The molecular weight excluding hydrogens is 461 g/mol. The number of benzene rings is 1. The lowest BCUT2D eigenvalue weighted by molar-refractivity contribution is 0.348. The molecule has 0 bridgehead atoms. The molecule has 0 aliphatic carbocycles. The SMILES string of the molecule is CN=C(NCc1cccc(Cl)c1)NCC(C)(C)CCS(C)(=O)=O.I. The molecule has 0 saturated heterocycles. The van der Waals surface area contributed by atoms with Gasteiger partial charge in [0.15, 0.2) is 5.96 Å². The van der Waals surface area contributed by atoms with Crippen LogP contribution in [0.25, 0.3) is 0 Å². The number of hydrogen-bond acceptors (Lipinski definition) is 3. The second kappa shape index (κ2) is 10.5. The summed E-state index contributed by atoms with van der Waals surface area (Å²) < 4.78 is 22.6. The molecule has 2 N–H and O–H groups in total. The lowest BCUT2D eigenvalue weighted by atomic mass is 9.90. The molecule has 1 aromatic carbocycles. The van der Waals surface area contributed by atoms with Crippen molar-refractivity contribution in [2.45, 2.75) is 26.8 Å². The normalized spacial score (nSPS) is 12.5. The van der Waals surface area contributed by atoms with Crippen LogP contribution in [0.4, 0.5) is 0 Å². The number of hydrogen-bond donors (Lipinski definition) is 2. The summed E-state index contributed by atoms with van der Waals surface area (Å²) in [5, 5.41) is 7.16. The summed E-state index contributed by atoms with van der Waals surface area (Å²) >= 11 is 5.96. The summed E-state index contributed by atoms with van der Waals surface area (Å²) in [5.41, 5.74) is 0.924. The lowest BCUT2D eigenvalue weighted by Gasteiger charge is -2.25. The summed E-state index contributed by atoms with van der Waals surface area (Å²) in [6, 6.07) is 7.63. The van der Waals surface area contributed by atoms with Crippen LogP contribution in [0.2, 0.25) is 5.02 Å². The van der Waals surface area contributed by atoms with E-state index in [4.69, 9.17) is 11.6 Å². The highest BCUT2D eigenvalue weighted by atomic mass is 127. The predicted molar refractivity (Wildman–Crippen MR) is 113 cm³/mol. The second-order valence-corrected chi connectivity index (χ2v) is 9.15. The van der Waals surface area contributed by atoms with Gasteiger partial charge in [0.1, 0.15) is 9.84 Å². The third kappa shape index (κ3) is 10.4. The molecule has 0 saturated carbocycles. The first-order valence-corrected chi connectivity index (χ1v) is 9.92. The van der Waals surface area contributed by atoms with Gasteiger partial charge in [-0.2, -0.15) is 0 Å². The standard InChI is InChI=1S/C16H26ClN3O2S.HI/c1-16(2,8-9-23(4,21)22)12-20-15(18-3)19-11-13-6-5-7-14(17)10-13;/h5-7,10H,8-9,11-12H2,1-4H3,(H2,18,19,20);1H. The van der Waals surface area contributed by atoms with E-state index in [9.17, 15) is 8.42 Å². The van der Waals surface area contributed by atoms with E-state index < -0.39 is 9.84 Å². The first-order valence-electron chi connectivity index (χ1n) is 7.48. The first kappa shape index (κ1) is 23.5. The van der Waals surface area contributed by atoms with E-state index in [1.807, 2.05) is 38.1 Å². The van der Waals surface area contributed by atoms with Gasteiger partial charge in [-0.25, -0.2) is 8.42 Å². The minimum Gasteiger partial charge on any atom is -0.356 e. The number of sulfone groups is 1. The van der Waals surface area contributed by atoms with E-state index in [1.165, 1.54) is 6.26 Å². The molecule has 0 fully saturated rings. The van der Waals surface area contributed by atoms with Crippen molar-refractivity contribution >= 4 is 51.4 Å². The maximum atomic E-state index is 11.3. The van der Waals surface area contributed by atoms with Crippen molar-refractivity contribution in [3.63, 3.8) is 0 Å².